The summed E-state index contributed by atoms with van der Waals surface area (Å²) in [6.07, 6.45) is 2.71. The second-order valence-corrected chi connectivity index (χ2v) is 4.20. The van der Waals surface area contributed by atoms with E-state index in [-0.39, 0.29) is 11.5 Å². The van der Waals surface area contributed by atoms with E-state index in [1.54, 1.807) is 6.07 Å². The maximum Gasteiger partial charge on any atom is 0.314 e. The molecule has 0 spiro atoms. The van der Waals surface area contributed by atoms with Gasteiger partial charge in [0.25, 0.3) is 0 Å². The summed E-state index contributed by atoms with van der Waals surface area (Å²) in [5, 5.41) is 11.0. The number of nitrogens with zero attached hydrogens (tertiary/aromatic N) is 2. The molecule has 1 aromatic heterocycles. The van der Waals surface area contributed by atoms with Gasteiger partial charge in [-0.05, 0) is 36.6 Å². The van der Waals surface area contributed by atoms with Crippen molar-refractivity contribution in [3.8, 4) is 0 Å². The van der Waals surface area contributed by atoms with Crippen molar-refractivity contribution in [3.05, 3.63) is 57.8 Å². The smallest absolute Gasteiger partial charge is 0.314 e. The number of pyridine rings is 1. The standard InChI is InChI=1S/C13H14N4O2/c14-11-5-2-9(3-6-11)1-4-10-7-8-16-13(15)12(10)17(18)19/h2-3,5-8H,1,4,14H2,(H2,15,16). The molecule has 0 unspecified atom stereocenters. The Morgan fingerprint density at radius 1 is 1.11 bits per heavy atom. The number of hydrogen-bond donors (Lipinski definition) is 2. The number of aromatic nitrogens is 1. The van der Waals surface area contributed by atoms with Gasteiger partial charge >= 0.3 is 5.69 Å². The van der Waals surface area contributed by atoms with Crippen LogP contribution < -0.4 is 11.5 Å². The van der Waals surface area contributed by atoms with Crippen molar-refractivity contribution in [2.24, 2.45) is 0 Å². The molecule has 0 aliphatic rings. The fourth-order valence-corrected chi connectivity index (χ4v) is 1.89. The van der Waals surface area contributed by atoms with Crippen LogP contribution >= 0.6 is 0 Å². The summed E-state index contributed by atoms with van der Waals surface area (Å²) in [5.74, 6) is -0.0418. The molecule has 0 amide bonds. The van der Waals surface area contributed by atoms with Crippen LogP contribution in [0.4, 0.5) is 17.2 Å². The molecule has 6 nitrogen and oxygen atoms in total. The number of benzene rings is 1. The SMILES string of the molecule is Nc1ccc(CCc2ccnc(N)c2[N+](=O)[O-])cc1. The Kier molecular flexibility index (Phi) is 3.61. The highest BCUT2D eigenvalue weighted by Crippen LogP contribution is 2.25. The van der Waals surface area contributed by atoms with Gasteiger partial charge in [-0.1, -0.05) is 12.1 Å². The van der Waals surface area contributed by atoms with E-state index in [2.05, 4.69) is 4.98 Å². The van der Waals surface area contributed by atoms with E-state index in [1.165, 1.54) is 6.20 Å². The molecule has 0 saturated heterocycles. The molecule has 19 heavy (non-hydrogen) atoms. The average molecular weight is 258 g/mol. The molecular weight excluding hydrogens is 244 g/mol. The van der Waals surface area contributed by atoms with E-state index in [0.717, 1.165) is 5.56 Å². The van der Waals surface area contributed by atoms with Gasteiger partial charge in [-0.25, -0.2) is 4.98 Å². The minimum absolute atomic E-state index is 0.0418. The third-order valence-electron chi connectivity index (χ3n) is 2.88. The molecule has 98 valence electrons. The van der Waals surface area contributed by atoms with Crippen LogP contribution in [0.25, 0.3) is 0 Å². The lowest BCUT2D eigenvalue weighted by atomic mass is 10.0. The molecule has 1 heterocycles. The molecule has 0 atom stereocenters. The van der Waals surface area contributed by atoms with Gasteiger partial charge < -0.3 is 11.5 Å². The molecule has 4 N–H and O–H groups in total. The number of anilines is 2. The maximum absolute atomic E-state index is 11.0. The molecule has 0 saturated carbocycles. The lowest BCUT2D eigenvalue weighted by molar-refractivity contribution is -0.384. The van der Waals surface area contributed by atoms with Gasteiger partial charge in [-0.3, -0.25) is 10.1 Å². The fraction of sp³-hybridized carbons (Fsp3) is 0.154. The Hall–Kier alpha value is -2.63. The summed E-state index contributed by atoms with van der Waals surface area (Å²) in [5.41, 5.74) is 13.4. The van der Waals surface area contributed by atoms with Crippen molar-refractivity contribution in [1.29, 1.82) is 0 Å². The highest BCUT2D eigenvalue weighted by Gasteiger charge is 2.18. The zero-order valence-corrected chi connectivity index (χ0v) is 10.2. The van der Waals surface area contributed by atoms with E-state index in [1.807, 2.05) is 24.3 Å². The van der Waals surface area contributed by atoms with Gasteiger partial charge in [0, 0.05) is 17.4 Å². The molecule has 1 aromatic carbocycles. The van der Waals surface area contributed by atoms with Crippen molar-refractivity contribution in [2.75, 3.05) is 11.5 Å². The number of aryl methyl sites for hydroxylation is 2. The largest absolute Gasteiger partial charge is 0.399 e. The summed E-state index contributed by atoms with van der Waals surface area (Å²) in [7, 11) is 0. The van der Waals surface area contributed by atoms with E-state index in [0.29, 0.717) is 24.1 Å². The van der Waals surface area contributed by atoms with E-state index in [4.69, 9.17) is 11.5 Å². The van der Waals surface area contributed by atoms with Gasteiger partial charge in [0.15, 0.2) is 0 Å². The minimum atomic E-state index is -0.485. The first-order valence-electron chi connectivity index (χ1n) is 5.80. The van der Waals surface area contributed by atoms with Crippen LogP contribution in [-0.4, -0.2) is 9.91 Å². The Balaban J connectivity index is 2.18. The van der Waals surface area contributed by atoms with Crippen LogP contribution in [0.3, 0.4) is 0 Å². The summed E-state index contributed by atoms with van der Waals surface area (Å²) < 4.78 is 0. The first-order valence-corrected chi connectivity index (χ1v) is 5.80. The second-order valence-electron chi connectivity index (χ2n) is 4.20. The molecule has 6 heteroatoms. The summed E-state index contributed by atoms with van der Waals surface area (Å²) in [6, 6.07) is 9.07. The summed E-state index contributed by atoms with van der Waals surface area (Å²) in [4.78, 5) is 14.2. The van der Waals surface area contributed by atoms with Crippen molar-refractivity contribution in [1.82, 2.24) is 4.98 Å². The van der Waals surface area contributed by atoms with Crippen LogP contribution in [0, 0.1) is 10.1 Å². The molecular formula is C13H14N4O2. The van der Waals surface area contributed by atoms with Crippen LogP contribution in [0.5, 0.6) is 0 Å². The van der Waals surface area contributed by atoms with E-state index >= 15 is 0 Å². The Labute approximate surface area is 110 Å². The molecule has 2 rings (SSSR count). The predicted octanol–water partition coefficient (Wildman–Crippen LogP) is 1.94. The first-order chi connectivity index (χ1) is 9.08. The number of nitrogen functional groups attached to an aromatic ring is 2. The third-order valence-corrected chi connectivity index (χ3v) is 2.88. The molecule has 0 radical (unpaired) electrons. The molecule has 2 aromatic rings. The number of nitrogens with two attached hydrogens (primary N) is 2. The average Bonchev–Trinajstić information content (AvgIpc) is 2.37. The monoisotopic (exact) mass is 258 g/mol. The third kappa shape index (κ3) is 2.98. The zero-order chi connectivity index (χ0) is 13.8. The second kappa shape index (κ2) is 5.34. The number of rotatable bonds is 4. The fourth-order valence-electron chi connectivity index (χ4n) is 1.89. The predicted molar refractivity (Wildman–Crippen MR) is 73.6 cm³/mol. The van der Waals surface area contributed by atoms with Crippen molar-refractivity contribution in [3.63, 3.8) is 0 Å². The van der Waals surface area contributed by atoms with Crippen LogP contribution in [0.1, 0.15) is 11.1 Å². The molecule has 0 bridgehead atoms. The molecule has 0 aliphatic heterocycles. The van der Waals surface area contributed by atoms with Crippen molar-refractivity contribution < 1.29 is 4.92 Å². The normalized spacial score (nSPS) is 10.3. The van der Waals surface area contributed by atoms with Crippen LogP contribution in [0.2, 0.25) is 0 Å². The Morgan fingerprint density at radius 2 is 1.79 bits per heavy atom. The van der Waals surface area contributed by atoms with Crippen LogP contribution in [0.15, 0.2) is 36.5 Å². The maximum atomic E-state index is 11.0. The lowest BCUT2D eigenvalue weighted by Gasteiger charge is -2.05. The number of hydrogen-bond acceptors (Lipinski definition) is 5. The highest BCUT2D eigenvalue weighted by atomic mass is 16.6. The number of nitro groups is 1. The van der Waals surface area contributed by atoms with E-state index in [9.17, 15) is 10.1 Å². The summed E-state index contributed by atoms with van der Waals surface area (Å²) >= 11 is 0. The first kappa shape index (κ1) is 12.8. The van der Waals surface area contributed by atoms with E-state index < -0.39 is 4.92 Å². The Morgan fingerprint density at radius 3 is 2.42 bits per heavy atom. The van der Waals surface area contributed by atoms with Gasteiger partial charge in [-0.2, -0.15) is 0 Å². The van der Waals surface area contributed by atoms with Crippen molar-refractivity contribution in [2.45, 2.75) is 12.8 Å². The topological polar surface area (TPSA) is 108 Å². The van der Waals surface area contributed by atoms with Gasteiger partial charge in [-0.15, -0.1) is 0 Å². The van der Waals surface area contributed by atoms with Gasteiger partial charge in [0.1, 0.15) is 0 Å². The summed E-state index contributed by atoms with van der Waals surface area (Å²) in [6.45, 7) is 0. The molecule has 0 aliphatic carbocycles. The molecule has 0 fully saturated rings. The van der Waals surface area contributed by atoms with Gasteiger partial charge in [0.05, 0.1) is 4.92 Å². The highest BCUT2D eigenvalue weighted by molar-refractivity contribution is 5.57. The quantitative estimate of drug-likeness (QED) is 0.495. The Bertz CT molecular complexity index is 596. The van der Waals surface area contributed by atoms with Crippen molar-refractivity contribution >= 4 is 17.2 Å². The van der Waals surface area contributed by atoms with Gasteiger partial charge in [0.2, 0.25) is 5.82 Å². The minimum Gasteiger partial charge on any atom is -0.399 e. The van der Waals surface area contributed by atoms with Crippen LogP contribution in [-0.2, 0) is 12.8 Å². The zero-order valence-electron chi connectivity index (χ0n) is 10.2. The lowest BCUT2D eigenvalue weighted by Crippen LogP contribution is -2.03.